The highest BCUT2D eigenvalue weighted by Crippen LogP contribution is 2.44. The third-order valence-corrected chi connectivity index (χ3v) is 10.2. The number of nitrogens with one attached hydrogen (secondary N) is 1. The molecule has 0 spiro atoms. The largest absolute Gasteiger partial charge is 0.453 e. The molecule has 30 heavy (non-hydrogen) atoms. The maximum Gasteiger partial charge on any atom is 0.232 e. The first-order chi connectivity index (χ1) is 14.1. The number of anilines is 1. The zero-order valence-corrected chi connectivity index (χ0v) is 19.2. The van der Waals surface area contributed by atoms with Crippen LogP contribution in [0, 0.1) is 10.1 Å². The molecule has 0 fully saturated rings. The average Bonchev–Trinajstić information content (AvgIpc) is 3.13. The molecule has 0 saturated heterocycles. The first kappa shape index (κ1) is 22.1. The first-order valence-electron chi connectivity index (χ1n) is 10.1. The summed E-state index contributed by atoms with van der Waals surface area (Å²) in [5.74, 6) is 1.21. The van der Waals surface area contributed by atoms with Crippen LogP contribution in [0.4, 0.5) is 5.69 Å². The second-order valence-electron chi connectivity index (χ2n) is 9.02. The molecule has 1 unspecified atom stereocenters. The molecule has 1 aliphatic rings. The van der Waals surface area contributed by atoms with Gasteiger partial charge in [0.25, 0.3) is 0 Å². The summed E-state index contributed by atoms with van der Waals surface area (Å²) in [6, 6.07) is 13.7. The van der Waals surface area contributed by atoms with E-state index in [-0.39, 0.29) is 23.3 Å². The SMILES string of the molecule is CC(C)(C)[Si](C)(C)OC(C[N+](=O)[O-])c1cc(NCc2ccccc2)c2c(c1)OCO2. The van der Waals surface area contributed by atoms with E-state index in [0.717, 1.165) is 16.8 Å². The number of benzene rings is 2. The van der Waals surface area contributed by atoms with Gasteiger partial charge in [0.05, 0.1) is 5.69 Å². The quantitative estimate of drug-likeness (QED) is 0.344. The van der Waals surface area contributed by atoms with E-state index < -0.39 is 14.4 Å². The van der Waals surface area contributed by atoms with Gasteiger partial charge in [-0.1, -0.05) is 51.1 Å². The summed E-state index contributed by atoms with van der Waals surface area (Å²) in [6.07, 6.45) is -0.660. The van der Waals surface area contributed by atoms with Crippen molar-refractivity contribution in [2.24, 2.45) is 0 Å². The molecule has 8 heteroatoms. The average molecular weight is 431 g/mol. The number of nitrogens with zero attached hydrogens (tertiary/aromatic N) is 1. The van der Waals surface area contributed by atoms with Gasteiger partial charge >= 0.3 is 0 Å². The van der Waals surface area contributed by atoms with Crippen molar-refractivity contribution in [2.75, 3.05) is 18.7 Å². The van der Waals surface area contributed by atoms with Crippen molar-refractivity contribution in [3.05, 3.63) is 63.7 Å². The fourth-order valence-corrected chi connectivity index (χ4v) is 4.30. The minimum Gasteiger partial charge on any atom is -0.453 e. The number of fused-ring (bicyclic) bond motifs is 1. The van der Waals surface area contributed by atoms with E-state index in [1.807, 2.05) is 36.4 Å². The summed E-state index contributed by atoms with van der Waals surface area (Å²) in [6.45, 7) is 11.0. The third-order valence-electron chi connectivity index (χ3n) is 5.75. The van der Waals surface area contributed by atoms with E-state index in [2.05, 4.69) is 39.2 Å². The zero-order chi connectivity index (χ0) is 21.9. The molecule has 1 atom stereocenters. The minimum atomic E-state index is -2.23. The molecule has 1 aliphatic heterocycles. The van der Waals surface area contributed by atoms with E-state index in [0.29, 0.717) is 18.0 Å². The predicted molar refractivity (Wildman–Crippen MR) is 119 cm³/mol. The standard InChI is InChI=1S/C22H30N2O5Si/c1-22(2,3)30(4,5)29-20(14-24(25)26)17-11-18(21-19(12-17)27-15-28-21)23-13-16-9-7-6-8-10-16/h6-12,20,23H,13-15H2,1-5H3. The molecule has 0 saturated carbocycles. The van der Waals surface area contributed by atoms with Crippen molar-refractivity contribution in [1.29, 1.82) is 0 Å². The molecule has 0 radical (unpaired) electrons. The van der Waals surface area contributed by atoms with Crippen molar-refractivity contribution < 1.29 is 18.8 Å². The van der Waals surface area contributed by atoms with Gasteiger partial charge in [-0.15, -0.1) is 0 Å². The van der Waals surface area contributed by atoms with Crippen molar-refractivity contribution in [3.63, 3.8) is 0 Å². The van der Waals surface area contributed by atoms with Gasteiger partial charge in [0.2, 0.25) is 13.3 Å². The van der Waals surface area contributed by atoms with Gasteiger partial charge < -0.3 is 19.2 Å². The lowest BCUT2D eigenvalue weighted by atomic mass is 10.1. The fourth-order valence-electron chi connectivity index (χ4n) is 3.02. The summed E-state index contributed by atoms with van der Waals surface area (Å²) in [5, 5.41) is 14.7. The highest BCUT2D eigenvalue weighted by atomic mass is 28.4. The lowest BCUT2D eigenvalue weighted by molar-refractivity contribution is -0.490. The number of hydrogen-bond donors (Lipinski definition) is 1. The maximum absolute atomic E-state index is 11.4. The second-order valence-corrected chi connectivity index (χ2v) is 13.8. The Hall–Kier alpha value is -2.58. The zero-order valence-electron chi connectivity index (χ0n) is 18.2. The van der Waals surface area contributed by atoms with Gasteiger partial charge in [0, 0.05) is 11.5 Å². The molecule has 0 amide bonds. The molecule has 1 heterocycles. The highest BCUT2D eigenvalue weighted by molar-refractivity contribution is 6.74. The lowest BCUT2D eigenvalue weighted by Gasteiger charge is -2.38. The number of nitro groups is 1. The van der Waals surface area contributed by atoms with Crippen LogP contribution in [0.25, 0.3) is 0 Å². The topological polar surface area (TPSA) is 82.9 Å². The van der Waals surface area contributed by atoms with Crippen LogP contribution in [0.2, 0.25) is 18.1 Å². The molecule has 162 valence electrons. The second kappa shape index (κ2) is 8.65. The normalized spacial score (nSPS) is 14.4. The Bertz CT molecular complexity index is 896. The van der Waals surface area contributed by atoms with Crippen LogP contribution >= 0.6 is 0 Å². The van der Waals surface area contributed by atoms with Gasteiger partial charge in [0.15, 0.2) is 19.8 Å². The number of ether oxygens (including phenoxy) is 2. The van der Waals surface area contributed by atoms with Crippen LogP contribution < -0.4 is 14.8 Å². The molecule has 0 aromatic heterocycles. The van der Waals surface area contributed by atoms with Gasteiger partial charge in [-0.05, 0) is 41.4 Å². The van der Waals surface area contributed by atoms with Crippen LogP contribution in [-0.2, 0) is 11.0 Å². The molecular formula is C22H30N2O5Si. The Labute approximate surface area is 178 Å². The van der Waals surface area contributed by atoms with Gasteiger partial charge in [-0.25, -0.2) is 0 Å². The summed E-state index contributed by atoms with van der Waals surface area (Å²) in [7, 11) is -2.23. The molecule has 2 aromatic rings. The molecule has 0 aliphatic carbocycles. The lowest BCUT2D eigenvalue weighted by Crippen LogP contribution is -2.43. The Balaban J connectivity index is 1.92. The van der Waals surface area contributed by atoms with Gasteiger partial charge in [-0.3, -0.25) is 10.1 Å². The Kier molecular flexibility index (Phi) is 6.38. The van der Waals surface area contributed by atoms with Gasteiger partial charge in [0.1, 0.15) is 6.10 Å². The smallest absolute Gasteiger partial charge is 0.232 e. The third kappa shape index (κ3) is 5.12. The Morgan fingerprint density at radius 2 is 1.90 bits per heavy atom. The van der Waals surface area contributed by atoms with Crippen LogP contribution in [-0.4, -0.2) is 26.6 Å². The first-order valence-corrected chi connectivity index (χ1v) is 13.0. The van der Waals surface area contributed by atoms with Crippen LogP contribution in [0.3, 0.4) is 0 Å². The van der Waals surface area contributed by atoms with Gasteiger partial charge in [-0.2, -0.15) is 0 Å². The van der Waals surface area contributed by atoms with Crippen molar-refractivity contribution in [1.82, 2.24) is 0 Å². The van der Waals surface area contributed by atoms with Crippen LogP contribution in [0.1, 0.15) is 38.0 Å². The monoisotopic (exact) mass is 430 g/mol. The van der Waals surface area contributed by atoms with E-state index in [1.54, 1.807) is 6.07 Å². The fraction of sp³-hybridized carbons (Fsp3) is 0.455. The Morgan fingerprint density at radius 3 is 2.53 bits per heavy atom. The molecular weight excluding hydrogens is 400 g/mol. The van der Waals surface area contributed by atoms with Crippen molar-refractivity contribution in [3.8, 4) is 11.5 Å². The van der Waals surface area contributed by atoms with Crippen LogP contribution in [0.15, 0.2) is 42.5 Å². The van der Waals surface area contributed by atoms with Crippen molar-refractivity contribution in [2.45, 2.75) is 51.6 Å². The molecule has 0 bridgehead atoms. The maximum atomic E-state index is 11.4. The van der Waals surface area contributed by atoms with E-state index >= 15 is 0 Å². The van der Waals surface area contributed by atoms with E-state index in [4.69, 9.17) is 13.9 Å². The summed E-state index contributed by atoms with van der Waals surface area (Å²) >= 11 is 0. The predicted octanol–water partition coefficient (Wildman–Crippen LogP) is 5.37. The number of hydrogen-bond acceptors (Lipinski definition) is 6. The summed E-state index contributed by atoms with van der Waals surface area (Å²) < 4.78 is 17.7. The molecule has 2 aromatic carbocycles. The van der Waals surface area contributed by atoms with E-state index in [9.17, 15) is 10.1 Å². The molecule has 7 nitrogen and oxygen atoms in total. The Morgan fingerprint density at radius 1 is 1.20 bits per heavy atom. The molecule has 1 N–H and O–H groups in total. The van der Waals surface area contributed by atoms with Crippen molar-refractivity contribution >= 4 is 14.0 Å². The summed E-state index contributed by atoms with van der Waals surface area (Å²) in [4.78, 5) is 11.1. The number of rotatable bonds is 8. The highest BCUT2D eigenvalue weighted by Gasteiger charge is 2.41. The van der Waals surface area contributed by atoms with E-state index in [1.165, 1.54) is 0 Å². The van der Waals surface area contributed by atoms with Crippen LogP contribution in [0.5, 0.6) is 11.5 Å². The summed E-state index contributed by atoms with van der Waals surface area (Å²) in [5.41, 5.74) is 2.59. The molecule has 3 rings (SSSR count). The minimum absolute atomic E-state index is 0.0629.